The molecule has 0 radical (unpaired) electrons. The van der Waals surface area contributed by atoms with Crippen molar-refractivity contribution in [1.82, 2.24) is 10.2 Å². The fourth-order valence-corrected chi connectivity index (χ4v) is 4.23. The van der Waals surface area contributed by atoms with Crippen LogP contribution in [0.5, 0.6) is 11.5 Å². The summed E-state index contributed by atoms with van der Waals surface area (Å²) in [5.74, 6) is 1.66. The number of aliphatic hydroxyl groups excluding tert-OH is 1. The number of nitrogens with one attached hydrogen (secondary N) is 1. The number of rotatable bonds is 10. The van der Waals surface area contributed by atoms with E-state index in [2.05, 4.69) is 34.5 Å². The molecule has 0 bridgehead atoms. The van der Waals surface area contributed by atoms with Crippen molar-refractivity contribution in [2.45, 2.75) is 25.0 Å². The average molecular weight is 421 g/mol. The number of hydrogen-bond acceptors (Lipinski definition) is 5. The van der Waals surface area contributed by atoms with E-state index in [0.29, 0.717) is 12.6 Å². The first-order valence-corrected chi connectivity index (χ1v) is 11.1. The van der Waals surface area contributed by atoms with Gasteiger partial charge in [0.1, 0.15) is 24.2 Å². The second-order valence-electron chi connectivity index (χ2n) is 8.16. The van der Waals surface area contributed by atoms with Crippen LogP contribution < -0.4 is 14.8 Å². The van der Waals surface area contributed by atoms with Crippen LogP contribution in [0.3, 0.4) is 0 Å². The number of nitrogens with zero attached hydrogens (tertiary/aromatic N) is 1. The number of methoxy groups -OCH3 is 1. The summed E-state index contributed by atoms with van der Waals surface area (Å²) in [7, 11) is 1.69. The molecule has 0 aliphatic carbocycles. The van der Waals surface area contributed by atoms with Gasteiger partial charge in [-0.1, -0.05) is 42.5 Å². The maximum absolute atomic E-state index is 10.4. The molecular formula is C26H32N2O3. The maximum atomic E-state index is 10.4. The fraction of sp³-hybridized carbons (Fsp3) is 0.385. The maximum Gasteiger partial charge on any atom is 0.120 e. The van der Waals surface area contributed by atoms with Crippen molar-refractivity contribution in [2.24, 2.45) is 0 Å². The smallest absolute Gasteiger partial charge is 0.120 e. The molecule has 3 aromatic rings. The number of fused-ring (bicyclic) bond motifs is 1. The Labute approximate surface area is 184 Å². The normalized spacial score (nSPS) is 16.3. The summed E-state index contributed by atoms with van der Waals surface area (Å²) in [6.45, 7) is 3.79. The molecule has 1 fully saturated rings. The molecular weight excluding hydrogens is 388 g/mol. The molecule has 5 nitrogen and oxygen atoms in total. The van der Waals surface area contributed by atoms with E-state index in [4.69, 9.17) is 9.47 Å². The Morgan fingerprint density at radius 1 is 0.903 bits per heavy atom. The monoisotopic (exact) mass is 420 g/mol. The predicted molar refractivity (Wildman–Crippen MR) is 125 cm³/mol. The SMILES string of the molecule is COc1ccc([C@@H](CNC[C@@H](O)COc2ccc3ccccc3c2)N2CCCC2)cc1. The lowest BCUT2D eigenvalue weighted by Crippen LogP contribution is -2.38. The first-order chi connectivity index (χ1) is 15.2. The van der Waals surface area contributed by atoms with E-state index in [1.54, 1.807) is 7.11 Å². The zero-order chi connectivity index (χ0) is 21.5. The van der Waals surface area contributed by atoms with Crippen LogP contribution >= 0.6 is 0 Å². The van der Waals surface area contributed by atoms with Crippen LogP contribution in [0.1, 0.15) is 24.4 Å². The molecule has 0 spiro atoms. The van der Waals surface area contributed by atoms with Gasteiger partial charge in [-0.3, -0.25) is 4.90 Å². The lowest BCUT2D eigenvalue weighted by molar-refractivity contribution is 0.104. The van der Waals surface area contributed by atoms with Gasteiger partial charge in [0.15, 0.2) is 0 Å². The Balaban J connectivity index is 1.28. The Hall–Kier alpha value is -2.60. The molecule has 2 N–H and O–H groups in total. The van der Waals surface area contributed by atoms with Crippen LogP contribution in [0.2, 0.25) is 0 Å². The summed E-state index contributed by atoms with van der Waals surface area (Å²) in [4.78, 5) is 2.52. The summed E-state index contributed by atoms with van der Waals surface area (Å²) in [6, 6.07) is 22.8. The largest absolute Gasteiger partial charge is 0.497 e. The van der Waals surface area contributed by atoms with Crippen LogP contribution in [-0.4, -0.2) is 56.0 Å². The zero-order valence-corrected chi connectivity index (χ0v) is 18.2. The van der Waals surface area contributed by atoms with Crippen molar-refractivity contribution in [2.75, 3.05) is 39.9 Å². The minimum Gasteiger partial charge on any atom is -0.497 e. The summed E-state index contributed by atoms with van der Waals surface area (Å²) in [5, 5.41) is 16.2. The van der Waals surface area contributed by atoms with Gasteiger partial charge in [0.05, 0.1) is 7.11 Å². The highest BCUT2D eigenvalue weighted by Gasteiger charge is 2.23. The van der Waals surface area contributed by atoms with Crippen molar-refractivity contribution in [1.29, 1.82) is 0 Å². The van der Waals surface area contributed by atoms with E-state index < -0.39 is 6.10 Å². The van der Waals surface area contributed by atoms with Gasteiger partial charge in [-0.05, 0) is 66.5 Å². The molecule has 164 valence electrons. The predicted octanol–water partition coefficient (Wildman–Crippen LogP) is 4.01. The number of hydrogen-bond donors (Lipinski definition) is 2. The molecule has 1 aliphatic rings. The lowest BCUT2D eigenvalue weighted by Gasteiger charge is -2.29. The third-order valence-electron chi connectivity index (χ3n) is 5.96. The molecule has 5 heteroatoms. The molecule has 1 heterocycles. The molecule has 4 rings (SSSR count). The number of likely N-dealkylation sites (tertiary alicyclic amines) is 1. The molecule has 1 aliphatic heterocycles. The number of ether oxygens (including phenoxy) is 2. The van der Waals surface area contributed by atoms with E-state index in [-0.39, 0.29) is 6.61 Å². The fourth-order valence-electron chi connectivity index (χ4n) is 4.23. The first kappa shape index (κ1) is 21.6. The molecule has 0 amide bonds. The van der Waals surface area contributed by atoms with Crippen molar-refractivity contribution in [3.63, 3.8) is 0 Å². The van der Waals surface area contributed by atoms with E-state index in [0.717, 1.165) is 36.5 Å². The highest BCUT2D eigenvalue weighted by atomic mass is 16.5. The Morgan fingerprint density at radius 2 is 1.61 bits per heavy atom. The molecule has 0 aromatic heterocycles. The van der Waals surface area contributed by atoms with Gasteiger partial charge in [-0.15, -0.1) is 0 Å². The van der Waals surface area contributed by atoms with E-state index in [9.17, 15) is 5.11 Å². The second kappa shape index (κ2) is 10.6. The quantitative estimate of drug-likeness (QED) is 0.519. The molecule has 2 atom stereocenters. The highest BCUT2D eigenvalue weighted by Crippen LogP contribution is 2.26. The van der Waals surface area contributed by atoms with Crippen molar-refractivity contribution in [3.05, 3.63) is 72.3 Å². The molecule has 3 aromatic carbocycles. The number of benzene rings is 3. The molecule has 0 saturated carbocycles. The van der Waals surface area contributed by atoms with Crippen molar-refractivity contribution >= 4 is 10.8 Å². The van der Waals surface area contributed by atoms with Gasteiger partial charge in [0, 0.05) is 19.1 Å². The summed E-state index contributed by atoms with van der Waals surface area (Å²) >= 11 is 0. The van der Waals surface area contributed by atoms with Crippen LogP contribution in [-0.2, 0) is 0 Å². The van der Waals surface area contributed by atoms with Crippen molar-refractivity contribution < 1.29 is 14.6 Å². The number of aliphatic hydroxyl groups is 1. The third-order valence-corrected chi connectivity index (χ3v) is 5.96. The minimum absolute atomic E-state index is 0.266. The van der Waals surface area contributed by atoms with Gasteiger partial charge in [0.2, 0.25) is 0 Å². The Morgan fingerprint density at radius 3 is 2.35 bits per heavy atom. The first-order valence-electron chi connectivity index (χ1n) is 11.1. The summed E-state index contributed by atoms with van der Waals surface area (Å²) < 4.78 is 11.1. The summed E-state index contributed by atoms with van der Waals surface area (Å²) in [6.07, 6.45) is 1.92. The topological polar surface area (TPSA) is 54.0 Å². The van der Waals surface area contributed by atoms with E-state index >= 15 is 0 Å². The van der Waals surface area contributed by atoms with Crippen molar-refractivity contribution in [3.8, 4) is 11.5 Å². The van der Waals surface area contributed by atoms with Gasteiger partial charge in [-0.2, -0.15) is 0 Å². The second-order valence-corrected chi connectivity index (χ2v) is 8.16. The van der Waals surface area contributed by atoms with Crippen LogP contribution in [0, 0.1) is 0 Å². The summed E-state index contributed by atoms with van der Waals surface area (Å²) in [5.41, 5.74) is 1.28. The van der Waals surface area contributed by atoms with E-state index in [1.807, 2.05) is 42.5 Å². The van der Waals surface area contributed by atoms with Gasteiger partial charge < -0.3 is 19.9 Å². The van der Waals surface area contributed by atoms with Gasteiger partial charge >= 0.3 is 0 Å². The van der Waals surface area contributed by atoms with Crippen LogP contribution in [0.25, 0.3) is 10.8 Å². The van der Waals surface area contributed by atoms with Crippen LogP contribution in [0.4, 0.5) is 0 Å². The lowest BCUT2D eigenvalue weighted by atomic mass is 10.1. The Kier molecular flexibility index (Phi) is 7.41. The zero-order valence-electron chi connectivity index (χ0n) is 18.2. The highest BCUT2D eigenvalue weighted by molar-refractivity contribution is 5.83. The Bertz CT molecular complexity index is 954. The standard InChI is InChI=1S/C26H32N2O3/c1-30-24-11-9-21(10-12-24)26(28-14-4-5-15-28)18-27-17-23(29)19-31-25-13-8-20-6-2-3-7-22(20)16-25/h2-3,6-13,16,23,26-27,29H,4-5,14-15,17-19H2,1H3/t23-,26-/m1/s1. The van der Waals surface area contributed by atoms with E-state index in [1.165, 1.54) is 23.8 Å². The molecule has 1 saturated heterocycles. The molecule has 0 unspecified atom stereocenters. The minimum atomic E-state index is -0.568. The van der Waals surface area contributed by atoms with Gasteiger partial charge in [-0.25, -0.2) is 0 Å². The molecule has 31 heavy (non-hydrogen) atoms. The average Bonchev–Trinajstić information content (AvgIpc) is 3.35. The van der Waals surface area contributed by atoms with Gasteiger partial charge in [0.25, 0.3) is 0 Å². The third kappa shape index (κ3) is 5.76. The van der Waals surface area contributed by atoms with Crippen LogP contribution in [0.15, 0.2) is 66.7 Å².